The third-order valence-corrected chi connectivity index (χ3v) is 9.09. The highest BCUT2D eigenvalue weighted by molar-refractivity contribution is 7.94. The molecule has 0 atom stereocenters. The number of thiophene rings is 1. The normalized spacial score (nSPS) is 11.9. The summed E-state index contributed by atoms with van der Waals surface area (Å²) in [6.45, 7) is 0. The SMILES string of the molecule is CN(c1cccc2cc(-c3ncc(CCc4nn[nH]n4)s3)[nH]c12)S(=O)(=O)c1cccs1. The number of aromatic nitrogens is 6. The number of benzene rings is 1. The molecule has 12 heteroatoms. The molecule has 0 aliphatic rings. The Morgan fingerprint density at radius 2 is 2.06 bits per heavy atom. The zero-order valence-corrected chi connectivity index (χ0v) is 18.8. The Labute approximate surface area is 185 Å². The summed E-state index contributed by atoms with van der Waals surface area (Å²) in [4.78, 5) is 9.01. The van der Waals surface area contributed by atoms with E-state index in [2.05, 4.69) is 30.6 Å². The van der Waals surface area contributed by atoms with Gasteiger partial charge in [0.25, 0.3) is 10.0 Å². The Hall–Kier alpha value is -3.09. The lowest BCUT2D eigenvalue weighted by Gasteiger charge is -2.19. The van der Waals surface area contributed by atoms with E-state index in [-0.39, 0.29) is 0 Å². The van der Waals surface area contributed by atoms with Gasteiger partial charge in [-0.1, -0.05) is 23.4 Å². The van der Waals surface area contributed by atoms with Gasteiger partial charge in [0.1, 0.15) is 9.22 Å². The minimum Gasteiger partial charge on any atom is -0.351 e. The van der Waals surface area contributed by atoms with Crippen molar-refractivity contribution in [2.24, 2.45) is 0 Å². The summed E-state index contributed by atoms with van der Waals surface area (Å²) in [6.07, 6.45) is 3.30. The number of nitrogens with one attached hydrogen (secondary N) is 2. The fourth-order valence-corrected chi connectivity index (χ4v) is 6.52. The number of tetrazole rings is 1. The van der Waals surface area contributed by atoms with E-state index in [1.54, 1.807) is 42.0 Å². The molecule has 0 aliphatic carbocycles. The number of hydrogen-bond acceptors (Lipinski definition) is 8. The number of aryl methyl sites for hydroxylation is 2. The number of nitrogens with zero attached hydrogens (tertiary/aromatic N) is 5. The van der Waals surface area contributed by atoms with Gasteiger partial charge in [-0.05, 0) is 30.0 Å². The van der Waals surface area contributed by atoms with E-state index in [0.717, 1.165) is 32.9 Å². The first kappa shape index (κ1) is 19.8. The lowest BCUT2D eigenvalue weighted by atomic mass is 10.2. The molecule has 158 valence electrons. The maximum Gasteiger partial charge on any atom is 0.273 e. The van der Waals surface area contributed by atoms with Crippen LogP contribution in [0.25, 0.3) is 21.6 Å². The fraction of sp³-hybridized carbons (Fsp3) is 0.158. The van der Waals surface area contributed by atoms with Crippen LogP contribution in [0.2, 0.25) is 0 Å². The lowest BCUT2D eigenvalue weighted by molar-refractivity contribution is 0.596. The van der Waals surface area contributed by atoms with Crippen LogP contribution < -0.4 is 4.31 Å². The van der Waals surface area contributed by atoms with Crippen LogP contribution in [0, 0.1) is 0 Å². The minimum atomic E-state index is -3.62. The van der Waals surface area contributed by atoms with Crippen molar-refractivity contribution in [2.75, 3.05) is 11.4 Å². The molecule has 31 heavy (non-hydrogen) atoms. The van der Waals surface area contributed by atoms with Crippen molar-refractivity contribution in [3.05, 3.63) is 58.7 Å². The van der Waals surface area contributed by atoms with Crippen LogP contribution in [-0.2, 0) is 22.9 Å². The van der Waals surface area contributed by atoms with Crippen LogP contribution in [0.5, 0.6) is 0 Å². The second-order valence-corrected chi connectivity index (χ2v) is 11.0. The molecule has 0 aliphatic heterocycles. The van der Waals surface area contributed by atoms with Crippen LogP contribution in [-0.4, -0.2) is 46.1 Å². The Morgan fingerprint density at radius 3 is 2.84 bits per heavy atom. The number of fused-ring (bicyclic) bond motifs is 1. The van der Waals surface area contributed by atoms with Crippen LogP contribution in [0.4, 0.5) is 5.69 Å². The summed E-state index contributed by atoms with van der Waals surface area (Å²) in [5.41, 5.74) is 2.19. The van der Waals surface area contributed by atoms with E-state index in [4.69, 9.17) is 0 Å². The summed E-state index contributed by atoms with van der Waals surface area (Å²) in [7, 11) is -2.05. The van der Waals surface area contributed by atoms with Crippen LogP contribution in [0.15, 0.2) is 52.2 Å². The zero-order chi connectivity index (χ0) is 21.4. The van der Waals surface area contributed by atoms with Gasteiger partial charge in [0.05, 0.1) is 16.9 Å². The molecule has 0 spiro atoms. The van der Waals surface area contributed by atoms with Gasteiger partial charge in [-0.3, -0.25) is 4.31 Å². The highest BCUT2D eigenvalue weighted by Gasteiger charge is 2.24. The topological polar surface area (TPSA) is 121 Å². The van der Waals surface area contributed by atoms with Gasteiger partial charge >= 0.3 is 0 Å². The van der Waals surface area contributed by atoms with Gasteiger partial charge in [0, 0.05) is 29.9 Å². The summed E-state index contributed by atoms with van der Waals surface area (Å²) in [5, 5.41) is 17.5. The van der Waals surface area contributed by atoms with E-state index < -0.39 is 10.0 Å². The van der Waals surface area contributed by atoms with Gasteiger partial charge in [0.15, 0.2) is 5.82 Å². The van der Waals surface area contributed by atoms with Crippen molar-refractivity contribution in [2.45, 2.75) is 17.1 Å². The average molecular weight is 472 g/mol. The number of para-hydroxylation sites is 1. The third-order valence-electron chi connectivity index (χ3n) is 4.85. The van der Waals surface area contributed by atoms with Gasteiger partial charge < -0.3 is 4.98 Å². The maximum atomic E-state index is 13.0. The smallest absolute Gasteiger partial charge is 0.273 e. The molecule has 0 amide bonds. The highest BCUT2D eigenvalue weighted by atomic mass is 32.2. The standard InChI is InChI=1S/C19H17N7O2S3/c1-26(31(27,28)17-6-3-9-29-17)15-5-2-4-12-10-14(21-18(12)15)19-20-11-13(30-19)7-8-16-22-24-25-23-16/h2-6,9-11,21H,7-8H2,1H3,(H,22,23,24,25). The van der Waals surface area contributed by atoms with Gasteiger partial charge in [-0.2, -0.15) is 5.21 Å². The molecule has 1 aromatic carbocycles. The Morgan fingerprint density at radius 1 is 1.16 bits per heavy atom. The van der Waals surface area contributed by atoms with Crippen molar-refractivity contribution < 1.29 is 8.42 Å². The van der Waals surface area contributed by atoms with Crippen LogP contribution >= 0.6 is 22.7 Å². The molecular weight excluding hydrogens is 454 g/mol. The third kappa shape index (κ3) is 3.73. The quantitative estimate of drug-likeness (QED) is 0.375. The average Bonchev–Trinajstić information content (AvgIpc) is 3.56. The number of aromatic amines is 2. The second-order valence-electron chi connectivity index (χ2n) is 6.79. The van der Waals surface area contributed by atoms with Crippen molar-refractivity contribution in [1.29, 1.82) is 0 Å². The molecule has 4 aromatic heterocycles. The molecule has 0 saturated carbocycles. The first-order valence-corrected chi connectivity index (χ1v) is 12.5. The van der Waals surface area contributed by atoms with E-state index in [9.17, 15) is 8.42 Å². The molecule has 0 fully saturated rings. The van der Waals surface area contributed by atoms with E-state index in [0.29, 0.717) is 22.1 Å². The van der Waals surface area contributed by atoms with Crippen molar-refractivity contribution in [3.8, 4) is 10.7 Å². The molecule has 5 rings (SSSR count). The van der Waals surface area contributed by atoms with Crippen LogP contribution in [0.3, 0.4) is 0 Å². The van der Waals surface area contributed by atoms with E-state index in [1.165, 1.54) is 15.6 Å². The Bertz CT molecular complexity index is 1420. The molecular formula is C19H17N7O2S3. The summed E-state index contributed by atoms with van der Waals surface area (Å²) >= 11 is 2.79. The summed E-state index contributed by atoms with van der Waals surface area (Å²) in [6, 6.07) is 10.9. The van der Waals surface area contributed by atoms with Crippen molar-refractivity contribution >= 4 is 49.3 Å². The fourth-order valence-electron chi connectivity index (χ4n) is 3.26. The largest absolute Gasteiger partial charge is 0.351 e. The number of H-pyrrole nitrogens is 2. The molecule has 0 radical (unpaired) electrons. The molecule has 5 aromatic rings. The van der Waals surface area contributed by atoms with Gasteiger partial charge in [-0.15, -0.1) is 32.9 Å². The molecule has 0 saturated heterocycles. The molecule has 4 heterocycles. The summed E-state index contributed by atoms with van der Waals surface area (Å²) < 4.78 is 27.6. The maximum absolute atomic E-state index is 13.0. The molecule has 9 nitrogen and oxygen atoms in total. The zero-order valence-electron chi connectivity index (χ0n) is 16.3. The van der Waals surface area contributed by atoms with E-state index >= 15 is 0 Å². The second kappa shape index (κ2) is 7.87. The van der Waals surface area contributed by atoms with Gasteiger partial charge in [-0.25, -0.2) is 13.4 Å². The number of hydrogen-bond donors (Lipinski definition) is 2. The van der Waals surface area contributed by atoms with Crippen molar-refractivity contribution in [3.63, 3.8) is 0 Å². The Kier molecular flexibility index (Phi) is 5.04. The monoisotopic (exact) mass is 471 g/mol. The highest BCUT2D eigenvalue weighted by Crippen LogP contribution is 2.34. The number of anilines is 1. The molecule has 0 bridgehead atoms. The summed E-state index contributed by atoms with van der Waals surface area (Å²) in [5.74, 6) is 0.667. The number of sulfonamides is 1. The van der Waals surface area contributed by atoms with E-state index in [1.807, 2.05) is 24.4 Å². The predicted molar refractivity (Wildman–Crippen MR) is 121 cm³/mol. The minimum absolute atomic E-state index is 0.310. The molecule has 0 unspecified atom stereocenters. The van der Waals surface area contributed by atoms with Crippen molar-refractivity contribution in [1.82, 2.24) is 30.6 Å². The number of rotatable bonds is 7. The lowest BCUT2D eigenvalue weighted by Crippen LogP contribution is -2.26. The Balaban J connectivity index is 1.45. The first-order valence-electron chi connectivity index (χ1n) is 9.34. The predicted octanol–water partition coefficient (Wildman–Crippen LogP) is 3.48. The molecule has 2 N–H and O–H groups in total. The van der Waals surface area contributed by atoms with Gasteiger partial charge in [0.2, 0.25) is 0 Å². The first-order chi connectivity index (χ1) is 15.0. The number of thiazole rings is 1. The van der Waals surface area contributed by atoms with Crippen LogP contribution in [0.1, 0.15) is 10.7 Å².